The van der Waals surface area contributed by atoms with Gasteiger partial charge in [-0.25, -0.2) is 4.79 Å². The fourth-order valence-corrected chi connectivity index (χ4v) is 2.54. The lowest BCUT2D eigenvalue weighted by molar-refractivity contribution is -0.142. The number of nitrogens with one attached hydrogen (secondary N) is 1. The molecule has 2 N–H and O–H groups in total. The number of aliphatic carboxylic acids is 1. The Kier molecular flexibility index (Phi) is 7.29. The van der Waals surface area contributed by atoms with Gasteiger partial charge in [-0.15, -0.1) is 0 Å². The lowest BCUT2D eigenvalue weighted by Crippen LogP contribution is -2.46. The van der Waals surface area contributed by atoms with Gasteiger partial charge in [0.2, 0.25) is 5.91 Å². The van der Waals surface area contributed by atoms with E-state index in [0.29, 0.717) is 17.9 Å². The van der Waals surface area contributed by atoms with Crippen LogP contribution in [0.5, 0.6) is 0 Å². The molecule has 0 aliphatic heterocycles. The smallest absolute Gasteiger partial charge is 0.326 e. The van der Waals surface area contributed by atoms with Crippen molar-refractivity contribution in [3.8, 4) is 0 Å². The molecule has 0 radical (unpaired) electrons. The number of unbranched alkanes of at least 4 members (excludes halogenated alkanes) is 1. The first-order valence-corrected chi connectivity index (χ1v) is 8.06. The first kappa shape index (κ1) is 19.2. The van der Waals surface area contributed by atoms with E-state index in [1.54, 1.807) is 13.8 Å². The molecule has 2 unspecified atom stereocenters. The monoisotopic (exact) mass is 342 g/mol. The molecule has 0 aliphatic rings. The van der Waals surface area contributed by atoms with Gasteiger partial charge in [-0.05, 0) is 18.4 Å². The number of halogens is 1. The predicted molar refractivity (Wildman–Crippen MR) is 88.7 cm³/mol. The summed E-state index contributed by atoms with van der Waals surface area (Å²) in [6.45, 7) is 5.53. The van der Waals surface area contributed by atoms with Gasteiger partial charge in [-0.2, -0.15) is 0 Å². The Balaban J connectivity index is 3.05. The van der Waals surface area contributed by atoms with E-state index in [4.69, 9.17) is 11.6 Å². The van der Waals surface area contributed by atoms with E-state index in [2.05, 4.69) is 5.32 Å². The van der Waals surface area contributed by atoms with Crippen LogP contribution in [0.1, 0.15) is 46.1 Å². The van der Waals surface area contributed by atoms with Crippen LogP contribution in [0.25, 0.3) is 0 Å². The molecule has 0 saturated carbocycles. The van der Waals surface area contributed by atoms with Gasteiger partial charge in [0.25, 0.3) is 5.56 Å². The molecule has 7 heteroatoms. The number of aromatic nitrogens is 1. The molecule has 0 spiro atoms. The number of carboxylic acids is 1. The third-order valence-electron chi connectivity index (χ3n) is 3.56. The predicted octanol–water partition coefficient (Wildman–Crippen LogP) is 2.46. The zero-order chi connectivity index (χ0) is 17.6. The maximum atomic E-state index is 12.5. The number of pyridine rings is 1. The van der Waals surface area contributed by atoms with Crippen LogP contribution in [0.4, 0.5) is 0 Å². The maximum Gasteiger partial charge on any atom is 0.326 e. The summed E-state index contributed by atoms with van der Waals surface area (Å²) in [5.41, 5.74) is -0.358. The van der Waals surface area contributed by atoms with Gasteiger partial charge < -0.3 is 15.0 Å². The van der Waals surface area contributed by atoms with Crippen molar-refractivity contribution in [1.29, 1.82) is 0 Å². The zero-order valence-electron chi connectivity index (χ0n) is 13.6. The molecule has 1 amide bonds. The molecule has 1 aromatic heterocycles. The maximum absolute atomic E-state index is 12.5. The molecule has 1 rings (SSSR count). The van der Waals surface area contributed by atoms with E-state index in [1.165, 1.54) is 22.9 Å². The van der Waals surface area contributed by atoms with E-state index in [1.807, 2.05) is 6.92 Å². The Morgan fingerprint density at radius 3 is 2.52 bits per heavy atom. The highest BCUT2D eigenvalue weighted by Gasteiger charge is 2.29. The van der Waals surface area contributed by atoms with Crippen LogP contribution in [0, 0.1) is 5.92 Å². The summed E-state index contributed by atoms with van der Waals surface area (Å²) >= 11 is 5.91. The average molecular weight is 343 g/mol. The minimum absolute atomic E-state index is 0.202. The largest absolute Gasteiger partial charge is 0.480 e. The number of carboxylic acid groups (broad SMARTS) is 1. The molecule has 1 heterocycles. The highest BCUT2D eigenvalue weighted by atomic mass is 35.5. The second-order valence-corrected chi connectivity index (χ2v) is 6.26. The SMILES string of the molecule is CCCCC(NC(=O)C(C(C)C)n1cc(Cl)ccc1=O)C(=O)O. The van der Waals surface area contributed by atoms with Crippen molar-refractivity contribution in [2.45, 2.75) is 52.1 Å². The third kappa shape index (κ3) is 5.39. The summed E-state index contributed by atoms with van der Waals surface area (Å²) in [5.74, 6) is -1.77. The number of nitrogens with zero attached hydrogens (tertiary/aromatic N) is 1. The van der Waals surface area contributed by atoms with Crippen LogP contribution < -0.4 is 10.9 Å². The lowest BCUT2D eigenvalue weighted by Gasteiger charge is -2.25. The van der Waals surface area contributed by atoms with Crippen molar-refractivity contribution in [3.63, 3.8) is 0 Å². The third-order valence-corrected chi connectivity index (χ3v) is 3.79. The van der Waals surface area contributed by atoms with Gasteiger partial charge in [-0.3, -0.25) is 9.59 Å². The Morgan fingerprint density at radius 1 is 1.35 bits per heavy atom. The van der Waals surface area contributed by atoms with Gasteiger partial charge in [-0.1, -0.05) is 45.2 Å². The lowest BCUT2D eigenvalue weighted by atomic mass is 10.0. The summed E-state index contributed by atoms with van der Waals surface area (Å²) in [6, 6.07) is 0.969. The zero-order valence-corrected chi connectivity index (χ0v) is 14.3. The van der Waals surface area contributed by atoms with Crippen LogP contribution in [-0.2, 0) is 9.59 Å². The quantitative estimate of drug-likeness (QED) is 0.759. The first-order chi connectivity index (χ1) is 10.8. The van der Waals surface area contributed by atoms with E-state index in [-0.39, 0.29) is 11.5 Å². The van der Waals surface area contributed by atoms with E-state index in [9.17, 15) is 19.5 Å². The number of carbonyl (C=O) groups is 2. The number of hydrogen-bond donors (Lipinski definition) is 2. The van der Waals surface area contributed by atoms with Gasteiger partial charge in [0.15, 0.2) is 0 Å². The highest BCUT2D eigenvalue weighted by Crippen LogP contribution is 2.18. The molecule has 0 fully saturated rings. The molecule has 128 valence electrons. The van der Waals surface area contributed by atoms with Crippen LogP contribution in [-0.4, -0.2) is 27.6 Å². The molecule has 6 nitrogen and oxygen atoms in total. The molecule has 0 bridgehead atoms. The van der Waals surface area contributed by atoms with Crippen molar-refractivity contribution in [3.05, 3.63) is 33.7 Å². The van der Waals surface area contributed by atoms with Crippen LogP contribution in [0.3, 0.4) is 0 Å². The molecule has 2 atom stereocenters. The topological polar surface area (TPSA) is 88.4 Å². The van der Waals surface area contributed by atoms with Crippen molar-refractivity contribution in [1.82, 2.24) is 9.88 Å². The normalized spacial score (nSPS) is 13.6. The Labute approximate surface area is 140 Å². The van der Waals surface area contributed by atoms with Crippen molar-refractivity contribution in [2.75, 3.05) is 0 Å². The molecule has 23 heavy (non-hydrogen) atoms. The second-order valence-electron chi connectivity index (χ2n) is 5.82. The number of amides is 1. The summed E-state index contributed by atoms with van der Waals surface area (Å²) in [7, 11) is 0. The van der Waals surface area contributed by atoms with Crippen molar-refractivity contribution < 1.29 is 14.7 Å². The molecule has 0 aromatic carbocycles. The molecule has 1 aromatic rings. The Bertz CT molecular complexity index is 612. The summed E-state index contributed by atoms with van der Waals surface area (Å²) in [6.07, 6.45) is 3.28. The molecule has 0 aliphatic carbocycles. The second kappa shape index (κ2) is 8.72. The summed E-state index contributed by atoms with van der Waals surface area (Å²) < 4.78 is 1.25. The fraction of sp³-hybridized carbons (Fsp3) is 0.562. The van der Waals surface area contributed by atoms with Crippen molar-refractivity contribution >= 4 is 23.5 Å². The first-order valence-electron chi connectivity index (χ1n) is 7.68. The number of hydrogen-bond acceptors (Lipinski definition) is 3. The minimum atomic E-state index is -1.08. The summed E-state index contributed by atoms with van der Waals surface area (Å²) in [4.78, 5) is 35.9. The Morgan fingerprint density at radius 2 is 2.00 bits per heavy atom. The van der Waals surface area contributed by atoms with Gasteiger partial charge in [0, 0.05) is 12.3 Å². The average Bonchev–Trinajstić information content (AvgIpc) is 2.46. The standard InChI is InChI=1S/C16H23ClN2O4/c1-4-5-6-12(16(22)23)18-15(21)14(10(2)3)19-9-11(17)7-8-13(19)20/h7-10,12,14H,4-6H2,1-3H3,(H,18,21)(H,22,23). The number of carbonyl (C=O) groups excluding carboxylic acids is 1. The van der Waals surface area contributed by atoms with Gasteiger partial charge in [0.1, 0.15) is 12.1 Å². The minimum Gasteiger partial charge on any atom is -0.480 e. The van der Waals surface area contributed by atoms with E-state index < -0.39 is 24.0 Å². The van der Waals surface area contributed by atoms with Crippen molar-refractivity contribution in [2.24, 2.45) is 5.92 Å². The molecular weight excluding hydrogens is 320 g/mol. The van der Waals surface area contributed by atoms with Gasteiger partial charge >= 0.3 is 5.97 Å². The van der Waals surface area contributed by atoms with E-state index >= 15 is 0 Å². The molecular formula is C16H23ClN2O4. The van der Waals surface area contributed by atoms with Crippen LogP contribution in [0.2, 0.25) is 5.02 Å². The summed E-state index contributed by atoms with van der Waals surface area (Å²) in [5, 5.41) is 12.1. The van der Waals surface area contributed by atoms with Crippen LogP contribution in [0.15, 0.2) is 23.1 Å². The van der Waals surface area contributed by atoms with E-state index in [0.717, 1.165) is 6.42 Å². The Hall–Kier alpha value is -1.82. The van der Waals surface area contributed by atoms with Crippen LogP contribution >= 0.6 is 11.6 Å². The highest BCUT2D eigenvalue weighted by molar-refractivity contribution is 6.30. The fourth-order valence-electron chi connectivity index (χ4n) is 2.37. The number of rotatable bonds is 8. The van der Waals surface area contributed by atoms with Gasteiger partial charge in [0.05, 0.1) is 5.02 Å². The molecule has 0 saturated heterocycles.